The van der Waals surface area contributed by atoms with Crippen LogP contribution in [0.3, 0.4) is 0 Å². The van der Waals surface area contributed by atoms with E-state index in [0.29, 0.717) is 0 Å². The summed E-state index contributed by atoms with van der Waals surface area (Å²) in [6, 6.07) is 7.32. The first-order chi connectivity index (χ1) is 13.5. The molecule has 0 spiro atoms. The van der Waals surface area contributed by atoms with Crippen LogP contribution in [-0.4, -0.2) is 48.7 Å². The van der Waals surface area contributed by atoms with Gasteiger partial charge in [0.2, 0.25) is 0 Å². The normalized spacial score (nSPS) is 14.5. The first-order valence-corrected chi connectivity index (χ1v) is 9.19. The van der Waals surface area contributed by atoms with Crippen LogP contribution in [0.4, 0.5) is 22.0 Å². The number of halogens is 5. The molecular formula is C16H15F5NO7S-. The van der Waals surface area contributed by atoms with Crippen molar-refractivity contribution in [3.63, 3.8) is 0 Å². The minimum Gasteiger partial charge on any atom is -0.743 e. The van der Waals surface area contributed by atoms with E-state index in [1.807, 2.05) is 0 Å². The smallest absolute Gasteiger partial charge is 0.466 e. The zero-order valence-electron chi connectivity index (χ0n) is 15.2. The van der Waals surface area contributed by atoms with Gasteiger partial charge in [-0.1, -0.05) is 36.9 Å². The van der Waals surface area contributed by atoms with Gasteiger partial charge in [-0.25, -0.2) is 13.2 Å². The minimum absolute atomic E-state index is 0.278. The van der Waals surface area contributed by atoms with Crippen LogP contribution in [0.1, 0.15) is 12.5 Å². The van der Waals surface area contributed by atoms with E-state index < -0.39 is 57.9 Å². The second-order valence-corrected chi connectivity index (χ2v) is 7.34. The lowest BCUT2D eigenvalue weighted by Gasteiger charge is -2.34. The number of rotatable bonds is 9. The van der Waals surface area contributed by atoms with Crippen molar-refractivity contribution in [1.82, 2.24) is 5.32 Å². The number of carbonyl (C=O) groups is 2. The predicted octanol–water partition coefficient (Wildman–Crippen LogP) is 1.84. The van der Waals surface area contributed by atoms with Crippen LogP contribution < -0.4 is 5.32 Å². The van der Waals surface area contributed by atoms with Gasteiger partial charge in [0.15, 0.2) is 10.1 Å². The van der Waals surface area contributed by atoms with Crippen molar-refractivity contribution in [1.29, 1.82) is 0 Å². The molecule has 0 heterocycles. The van der Waals surface area contributed by atoms with Gasteiger partial charge < -0.3 is 19.3 Å². The Morgan fingerprint density at radius 1 is 1.13 bits per heavy atom. The molecule has 1 atom stereocenters. The van der Waals surface area contributed by atoms with Crippen LogP contribution in [0.2, 0.25) is 0 Å². The molecule has 0 aromatic heterocycles. The van der Waals surface area contributed by atoms with E-state index in [4.69, 9.17) is 0 Å². The molecule has 1 rings (SSSR count). The van der Waals surface area contributed by atoms with Crippen LogP contribution in [0.5, 0.6) is 0 Å². The van der Waals surface area contributed by atoms with Gasteiger partial charge in [0, 0.05) is 12.1 Å². The number of alkyl halides is 5. The van der Waals surface area contributed by atoms with E-state index in [1.165, 1.54) is 24.3 Å². The molecular weight excluding hydrogens is 445 g/mol. The molecule has 1 amide bonds. The maximum absolute atomic E-state index is 13.7. The Hall–Kier alpha value is -2.58. The number of carbonyl (C=O) groups excluding carboxylic acids is 2. The molecule has 14 heteroatoms. The minimum atomic E-state index is -6.46. The van der Waals surface area contributed by atoms with Gasteiger partial charge in [0.25, 0.3) is 0 Å². The Balaban J connectivity index is 3.33. The molecule has 0 saturated heterocycles. The molecule has 0 aliphatic carbocycles. The molecule has 0 aliphatic rings. The largest absolute Gasteiger partial charge is 0.743 e. The SMILES string of the molecule is C=C(C)C(=O)OC(OCC(F)(F)S(=O)(=O)[O-])(C(=O)NCc1ccccc1)C(F)(F)F. The number of esters is 1. The highest BCUT2D eigenvalue weighted by Crippen LogP contribution is 2.38. The molecule has 30 heavy (non-hydrogen) atoms. The summed E-state index contributed by atoms with van der Waals surface area (Å²) < 4.78 is 107. The summed E-state index contributed by atoms with van der Waals surface area (Å²) in [6.45, 7) is 0.601. The number of hydrogen-bond donors (Lipinski definition) is 1. The molecule has 1 unspecified atom stereocenters. The van der Waals surface area contributed by atoms with Crippen molar-refractivity contribution >= 4 is 22.0 Å². The molecule has 0 radical (unpaired) electrons. The van der Waals surface area contributed by atoms with Crippen molar-refractivity contribution in [2.45, 2.75) is 30.7 Å². The maximum Gasteiger partial charge on any atom is 0.466 e. The molecule has 1 N–H and O–H groups in total. The lowest BCUT2D eigenvalue weighted by molar-refractivity contribution is -0.352. The monoisotopic (exact) mass is 460 g/mol. The van der Waals surface area contributed by atoms with E-state index in [0.717, 1.165) is 6.92 Å². The number of ether oxygens (including phenoxy) is 2. The first kappa shape index (κ1) is 25.5. The number of nitrogens with one attached hydrogen (secondary N) is 1. The van der Waals surface area contributed by atoms with Crippen molar-refractivity contribution < 1.29 is 54.0 Å². The lowest BCUT2D eigenvalue weighted by Crippen LogP contribution is -2.62. The van der Waals surface area contributed by atoms with Crippen molar-refractivity contribution in [2.75, 3.05) is 6.61 Å². The average Bonchev–Trinajstić information content (AvgIpc) is 2.61. The van der Waals surface area contributed by atoms with Gasteiger partial charge in [-0.3, -0.25) is 4.79 Å². The third kappa shape index (κ3) is 5.96. The summed E-state index contributed by atoms with van der Waals surface area (Å²) in [5.41, 5.74) is -0.382. The average molecular weight is 460 g/mol. The molecule has 0 aliphatic heterocycles. The summed E-state index contributed by atoms with van der Waals surface area (Å²) in [4.78, 5) is 23.9. The number of hydrogen-bond acceptors (Lipinski definition) is 7. The Kier molecular flexibility index (Phi) is 7.68. The van der Waals surface area contributed by atoms with E-state index >= 15 is 0 Å². The van der Waals surface area contributed by atoms with Crippen LogP contribution in [-0.2, 0) is 35.7 Å². The molecule has 1 aromatic rings. The summed E-state index contributed by atoms with van der Waals surface area (Å²) in [5.74, 6) is -8.78. The molecule has 168 valence electrons. The molecule has 1 aromatic carbocycles. The third-order valence-corrected chi connectivity index (χ3v) is 4.21. The van der Waals surface area contributed by atoms with Crippen LogP contribution in [0.25, 0.3) is 0 Å². The highest BCUT2D eigenvalue weighted by atomic mass is 32.2. The predicted molar refractivity (Wildman–Crippen MR) is 88.6 cm³/mol. The summed E-state index contributed by atoms with van der Waals surface area (Å²) in [7, 11) is -6.46. The fourth-order valence-corrected chi connectivity index (χ4v) is 1.98. The Morgan fingerprint density at radius 2 is 1.67 bits per heavy atom. The summed E-state index contributed by atoms with van der Waals surface area (Å²) in [6.07, 6.45) is -5.96. The van der Waals surface area contributed by atoms with Crippen LogP contribution in [0.15, 0.2) is 42.5 Å². The Labute approximate surface area is 167 Å². The second-order valence-electron chi connectivity index (χ2n) is 5.83. The number of amides is 1. The molecule has 8 nitrogen and oxygen atoms in total. The zero-order chi connectivity index (χ0) is 23.4. The van der Waals surface area contributed by atoms with Crippen molar-refractivity contribution in [2.24, 2.45) is 0 Å². The van der Waals surface area contributed by atoms with Gasteiger partial charge in [0.1, 0.15) is 6.61 Å². The summed E-state index contributed by atoms with van der Waals surface area (Å²) >= 11 is 0. The highest BCUT2D eigenvalue weighted by molar-refractivity contribution is 7.86. The van der Waals surface area contributed by atoms with Crippen LogP contribution >= 0.6 is 0 Å². The van der Waals surface area contributed by atoms with Gasteiger partial charge >= 0.3 is 29.1 Å². The fourth-order valence-electron chi connectivity index (χ4n) is 1.78. The fraction of sp³-hybridized carbons (Fsp3) is 0.375. The van der Waals surface area contributed by atoms with Gasteiger partial charge in [-0.15, -0.1) is 0 Å². The second kappa shape index (κ2) is 9.06. The molecule has 0 fully saturated rings. The highest BCUT2D eigenvalue weighted by Gasteiger charge is 2.67. The Bertz CT molecular complexity index is 902. The quantitative estimate of drug-likeness (QED) is 0.196. The molecule has 0 saturated carbocycles. The number of benzene rings is 1. The van der Waals surface area contributed by atoms with E-state index in [1.54, 1.807) is 11.4 Å². The van der Waals surface area contributed by atoms with Gasteiger partial charge in [-0.2, -0.15) is 22.0 Å². The lowest BCUT2D eigenvalue weighted by atomic mass is 10.2. The molecule has 0 bridgehead atoms. The third-order valence-electron chi connectivity index (χ3n) is 3.36. The van der Waals surface area contributed by atoms with E-state index in [2.05, 4.69) is 16.1 Å². The maximum atomic E-state index is 13.7. The standard InChI is InChI=1S/C16H16F5NO7S/c1-10(2)12(23)29-15(16(19,20)21,28-9-14(17,18)30(25,26)27)13(24)22-8-11-6-4-3-5-7-11/h3-7H,1,8-9H2,2H3,(H,22,24)(H,25,26,27)/p-1. The topological polar surface area (TPSA) is 122 Å². The van der Waals surface area contributed by atoms with Gasteiger partial charge in [0.05, 0.1) is 0 Å². The summed E-state index contributed by atoms with van der Waals surface area (Å²) in [5, 5.41) is -3.66. The van der Waals surface area contributed by atoms with E-state index in [-0.39, 0.29) is 5.56 Å². The van der Waals surface area contributed by atoms with Crippen molar-refractivity contribution in [3.8, 4) is 0 Å². The van der Waals surface area contributed by atoms with Gasteiger partial charge in [-0.05, 0) is 12.5 Å². The van der Waals surface area contributed by atoms with E-state index in [9.17, 15) is 44.5 Å². The van der Waals surface area contributed by atoms with Crippen LogP contribution in [0, 0.1) is 0 Å². The Morgan fingerprint density at radius 3 is 2.10 bits per heavy atom. The van der Waals surface area contributed by atoms with Crippen molar-refractivity contribution in [3.05, 3.63) is 48.0 Å². The zero-order valence-corrected chi connectivity index (χ0v) is 16.0. The first-order valence-electron chi connectivity index (χ1n) is 7.78.